The van der Waals surface area contributed by atoms with E-state index in [0.717, 1.165) is 29.0 Å². The lowest BCUT2D eigenvalue weighted by molar-refractivity contribution is 0.0921. The van der Waals surface area contributed by atoms with E-state index in [9.17, 15) is 4.79 Å². The van der Waals surface area contributed by atoms with E-state index in [2.05, 4.69) is 34.2 Å². The standard InChI is InChI=1S/C23H25N5O2/c1-15(2)13-19(22-24-17-11-7-8-12-18(17)25-22)26-23(29)21-20(30-3)14-28(27-21)16-9-5-4-6-10-16/h4-12,14-15,19H,13H2,1-3H3,(H,24,25)(H,26,29). The molecule has 4 rings (SSSR count). The predicted octanol–water partition coefficient (Wildman–Crippen LogP) is 4.27. The van der Waals surface area contributed by atoms with Crippen LogP contribution in [-0.4, -0.2) is 32.8 Å². The number of nitrogens with zero attached hydrogens (tertiary/aromatic N) is 3. The molecular weight excluding hydrogens is 378 g/mol. The highest BCUT2D eigenvalue weighted by Gasteiger charge is 2.24. The van der Waals surface area contributed by atoms with Gasteiger partial charge in [-0.25, -0.2) is 9.67 Å². The molecule has 154 valence electrons. The molecule has 0 saturated heterocycles. The average Bonchev–Trinajstić information content (AvgIpc) is 3.38. The van der Waals surface area contributed by atoms with Crippen molar-refractivity contribution in [3.63, 3.8) is 0 Å². The zero-order valence-corrected chi connectivity index (χ0v) is 17.3. The fourth-order valence-corrected chi connectivity index (χ4v) is 3.45. The van der Waals surface area contributed by atoms with Crippen molar-refractivity contribution in [1.82, 2.24) is 25.1 Å². The average molecular weight is 403 g/mol. The predicted molar refractivity (Wildman–Crippen MR) is 116 cm³/mol. The van der Waals surface area contributed by atoms with Gasteiger partial charge < -0.3 is 15.0 Å². The normalized spacial score (nSPS) is 12.3. The van der Waals surface area contributed by atoms with Crippen molar-refractivity contribution in [2.24, 2.45) is 5.92 Å². The van der Waals surface area contributed by atoms with E-state index >= 15 is 0 Å². The molecule has 0 bridgehead atoms. The van der Waals surface area contributed by atoms with Crippen LogP contribution in [0.3, 0.4) is 0 Å². The first kappa shape index (κ1) is 19.7. The Bertz CT molecular complexity index is 1110. The van der Waals surface area contributed by atoms with Gasteiger partial charge in [0.15, 0.2) is 11.4 Å². The number of hydrogen-bond donors (Lipinski definition) is 2. The van der Waals surface area contributed by atoms with E-state index in [1.165, 1.54) is 7.11 Å². The minimum atomic E-state index is -0.298. The number of para-hydroxylation sites is 3. The third kappa shape index (κ3) is 4.05. The molecule has 0 aliphatic heterocycles. The van der Waals surface area contributed by atoms with E-state index in [1.54, 1.807) is 10.9 Å². The number of ether oxygens (including phenoxy) is 1. The summed E-state index contributed by atoms with van der Waals surface area (Å²) >= 11 is 0. The smallest absolute Gasteiger partial charge is 0.276 e. The fraction of sp³-hybridized carbons (Fsp3) is 0.261. The summed E-state index contributed by atoms with van der Waals surface area (Å²) in [6, 6.07) is 17.2. The first-order valence-electron chi connectivity index (χ1n) is 9.99. The third-order valence-corrected chi connectivity index (χ3v) is 4.89. The topological polar surface area (TPSA) is 84.8 Å². The largest absolute Gasteiger partial charge is 0.493 e. The number of benzene rings is 2. The number of amides is 1. The van der Waals surface area contributed by atoms with Crippen molar-refractivity contribution in [2.75, 3.05) is 7.11 Å². The molecule has 0 saturated carbocycles. The van der Waals surface area contributed by atoms with Crippen molar-refractivity contribution in [3.05, 3.63) is 72.3 Å². The summed E-state index contributed by atoms with van der Waals surface area (Å²) in [5.41, 5.74) is 2.92. The number of methoxy groups -OCH3 is 1. The Morgan fingerprint density at radius 1 is 1.13 bits per heavy atom. The van der Waals surface area contributed by atoms with Gasteiger partial charge in [-0.3, -0.25) is 4.79 Å². The SMILES string of the molecule is COc1cn(-c2ccccc2)nc1C(=O)NC(CC(C)C)c1nc2ccccc2[nH]1. The van der Waals surface area contributed by atoms with Crippen LogP contribution in [-0.2, 0) is 0 Å². The highest BCUT2D eigenvalue weighted by atomic mass is 16.5. The second-order valence-electron chi connectivity index (χ2n) is 7.62. The van der Waals surface area contributed by atoms with Gasteiger partial charge in [0.25, 0.3) is 5.91 Å². The molecule has 0 fully saturated rings. The Kier molecular flexibility index (Phi) is 5.52. The molecule has 7 nitrogen and oxygen atoms in total. The Labute approximate surface area is 175 Å². The van der Waals surface area contributed by atoms with Crippen LogP contribution >= 0.6 is 0 Å². The zero-order chi connectivity index (χ0) is 21.1. The minimum absolute atomic E-state index is 0.242. The Balaban J connectivity index is 1.63. The minimum Gasteiger partial charge on any atom is -0.493 e. The van der Waals surface area contributed by atoms with Crippen LogP contribution in [0.5, 0.6) is 5.75 Å². The van der Waals surface area contributed by atoms with Gasteiger partial charge in [-0.15, -0.1) is 0 Å². The lowest BCUT2D eigenvalue weighted by Crippen LogP contribution is -2.31. The number of fused-ring (bicyclic) bond motifs is 1. The maximum absolute atomic E-state index is 13.1. The van der Waals surface area contributed by atoms with Crippen LogP contribution in [0.1, 0.15) is 42.6 Å². The van der Waals surface area contributed by atoms with E-state index in [1.807, 2.05) is 54.6 Å². The molecule has 2 aromatic carbocycles. The van der Waals surface area contributed by atoms with Gasteiger partial charge in [0, 0.05) is 0 Å². The molecule has 0 aliphatic carbocycles. The number of aromatic nitrogens is 4. The summed E-state index contributed by atoms with van der Waals surface area (Å²) in [5.74, 6) is 1.23. The van der Waals surface area contributed by atoms with Crippen LogP contribution < -0.4 is 10.1 Å². The molecule has 0 radical (unpaired) electrons. The molecule has 4 aromatic rings. The molecule has 2 aromatic heterocycles. The Morgan fingerprint density at radius 3 is 2.57 bits per heavy atom. The third-order valence-electron chi connectivity index (χ3n) is 4.89. The lowest BCUT2D eigenvalue weighted by Gasteiger charge is -2.18. The molecule has 2 heterocycles. The van der Waals surface area contributed by atoms with Crippen LogP contribution in [0, 0.1) is 5.92 Å². The van der Waals surface area contributed by atoms with E-state index in [0.29, 0.717) is 11.7 Å². The molecule has 1 atom stereocenters. The lowest BCUT2D eigenvalue weighted by atomic mass is 10.0. The Hall–Kier alpha value is -3.61. The van der Waals surface area contributed by atoms with Crippen molar-refractivity contribution >= 4 is 16.9 Å². The zero-order valence-electron chi connectivity index (χ0n) is 17.3. The quantitative estimate of drug-likeness (QED) is 0.482. The Morgan fingerprint density at radius 2 is 1.87 bits per heavy atom. The number of hydrogen-bond acceptors (Lipinski definition) is 4. The molecule has 0 aliphatic rings. The molecule has 0 spiro atoms. The summed E-state index contributed by atoms with van der Waals surface area (Å²) in [5, 5.41) is 7.56. The van der Waals surface area contributed by atoms with Crippen molar-refractivity contribution < 1.29 is 9.53 Å². The van der Waals surface area contributed by atoms with Gasteiger partial charge in [0.1, 0.15) is 5.82 Å². The van der Waals surface area contributed by atoms with Gasteiger partial charge in [-0.1, -0.05) is 44.2 Å². The van der Waals surface area contributed by atoms with Gasteiger partial charge in [-0.2, -0.15) is 5.10 Å². The summed E-state index contributed by atoms with van der Waals surface area (Å²) in [7, 11) is 1.54. The number of nitrogens with one attached hydrogen (secondary N) is 2. The highest BCUT2D eigenvalue weighted by Crippen LogP contribution is 2.24. The number of H-pyrrole nitrogens is 1. The first-order chi connectivity index (χ1) is 14.5. The maximum Gasteiger partial charge on any atom is 0.276 e. The summed E-state index contributed by atoms with van der Waals surface area (Å²) < 4.78 is 7.06. The summed E-state index contributed by atoms with van der Waals surface area (Å²) in [6.07, 6.45) is 2.45. The van der Waals surface area contributed by atoms with Crippen LogP contribution in [0.15, 0.2) is 60.8 Å². The second kappa shape index (κ2) is 8.41. The van der Waals surface area contributed by atoms with Gasteiger partial charge in [0.05, 0.1) is 36.1 Å². The van der Waals surface area contributed by atoms with Gasteiger partial charge in [-0.05, 0) is 36.6 Å². The number of aromatic amines is 1. The first-order valence-corrected chi connectivity index (χ1v) is 9.99. The molecule has 7 heteroatoms. The van der Waals surface area contributed by atoms with Crippen molar-refractivity contribution in [2.45, 2.75) is 26.3 Å². The number of rotatable bonds is 7. The maximum atomic E-state index is 13.1. The molecular formula is C23H25N5O2. The number of carbonyl (C=O) groups is 1. The molecule has 1 amide bonds. The monoisotopic (exact) mass is 403 g/mol. The fourth-order valence-electron chi connectivity index (χ4n) is 3.45. The molecule has 2 N–H and O–H groups in total. The number of carbonyl (C=O) groups excluding carboxylic acids is 1. The van der Waals surface area contributed by atoms with Crippen LogP contribution in [0.4, 0.5) is 0 Å². The van der Waals surface area contributed by atoms with Crippen molar-refractivity contribution in [3.8, 4) is 11.4 Å². The molecule has 30 heavy (non-hydrogen) atoms. The second-order valence-corrected chi connectivity index (χ2v) is 7.62. The summed E-state index contributed by atoms with van der Waals surface area (Å²) in [4.78, 5) is 21.2. The van der Waals surface area contributed by atoms with Gasteiger partial charge in [0.2, 0.25) is 0 Å². The van der Waals surface area contributed by atoms with E-state index in [-0.39, 0.29) is 17.6 Å². The molecule has 1 unspecified atom stereocenters. The summed E-state index contributed by atoms with van der Waals surface area (Å²) in [6.45, 7) is 4.24. The van der Waals surface area contributed by atoms with Crippen molar-refractivity contribution in [1.29, 1.82) is 0 Å². The van der Waals surface area contributed by atoms with E-state index in [4.69, 9.17) is 4.74 Å². The number of imidazole rings is 1. The highest BCUT2D eigenvalue weighted by molar-refractivity contribution is 5.95. The van der Waals surface area contributed by atoms with Crippen LogP contribution in [0.25, 0.3) is 16.7 Å². The van der Waals surface area contributed by atoms with E-state index < -0.39 is 0 Å². The van der Waals surface area contributed by atoms with Crippen LogP contribution in [0.2, 0.25) is 0 Å². The van der Waals surface area contributed by atoms with Gasteiger partial charge >= 0.3 is 0 Å².